The van der Waals surface area contributed by atoms with E-state index in [1.807, 2.05) is 6.07 Å². The van der Waals surface area contributed by atoms with Gasteiger partial charge in [0, 0.05) is 41.7 Å². The van der Waals surface area contributed by atoms with E-state index in [2.05, 4.69) is 20.9 Å². The standard InChI is InChI=1S/C25H24ClFN4O2/c26-18-5-9-20(10-6-18)29-25(33)30-21-11-12-23(31-13-1-2-14-31)22(15-21)24(32)28-16-17-3-7-19(27)8-4-17/h3-12,15H,1-2,13-14,16H2,(H,28,32)(H2,29,30,33). The molecule has 6 nitrogen and oxygen atoms in total. The first-order chi connectivity index (χ1) is 16.0. The van der Waals surface area contributed by atoms with Gasteiger partial charge in [-0.2, -0.15) is 0 Å². The van der Waals surface area contributed by atoms with Crippen molar-refractivity contribution in [3.05, 3.63) is 88.7 Å². The zero-order valence-electron chi connectivity index (χ0n) is 17.9. The maximum Gasteiger partial charge on any atom is 0.323 e. The normalized spacial score (nSPS) is 13.0. The first-order valence-corrected chi connectivity index (χ1v) is 11.1. The number of carbonyl (C=O) groups is 2. The molecule has 0 radical (unpaired) electrons. The monoisotopic (exact) mass is 466 g/mol. The lowest BCUT2D eigenvalue weighted by Gasteiger charge is -2.22. The molecule has 4 rings (SSSR count). The number of halogens is 2. The Labute approximate surface area is 196 Å². The quantitative estimate of drug-likeness (QED) is 0.439. The fraction of sp³-hybridized carbons (Fsp3) is 0.200. The Morgan fingerprint density at radius 3 is 2.21 bits per heavy atom. The van der Waals surface area contributed by atoms with Crippen molar-refractivity contribution in [2.45, 2.75) is 19.4 Å². The van der Waals surface area contributed by atoms with Crippen LogP contribution in [0, 0.1) is 5.82 Å². The van der Waals surface area contributed by atoms with Crippen LogP contribution in [-0.4, -0.2) is 25.0 Å². The van der Waals surface area contributed by atoms with Crippen molar-refractivity contribution in [2.75, 3.05) is 28.6 Å². The van der Waals surface area contributed by atoms with Crippen molar-refractivity contribution in [1.82, 2.24) is 5.32 Å². The number of benzene rings is 3. The molecule has 3 N–H and O–H groups in total. The first-order valence-electron chi connectivity index (χ1n) is 10.7. The maximum absolute atomic E-state index is 13.1. The molecule has 1 heterocycles. The molecular weight excluding hydrogens is 443 g/mol. The minimum atomic E-state index is -0.427. The minimum absolute atomic E-state index is 0.261. The Morgan fingerprint density at radius 1 is 0.879 bits per heavy atom. The summed E-state index contributed by atoms with van der Waals surface area (Å²) >= 11 is 5.88. The molecule has 0 bridgehead atoms. The topological polar surface area (TPSA) is 73.5 Å². The summed E-state index contributed by atoms with van der Waals surface area (Å²) in [7, 11) is 0. The Hall–Kier alpha value is -3.58. The molecule has 0 unspecified atom stereocenters. The van der Waals surface area contributed by atoms with Gasteiger partial charge in [0.2, 0.25) is 0 Å². The summed E-state index contributed by atoms with van der Waals surface area (Å²) in [4.78, 5) is 27.7. The highest BCUT2D eigenvalue weighted by atomic mass is 35.5. The van der Waals surface area contributed by atoms with Crippen LogP contribution in [0.15, 0.2) is 66.7 Å². The van der Waals surface area contributed by atoms with E-state index < -0.39 is 6.03 Å². The van der Waals surface area contributed by atoms with E-state index >= 15 is 0 Å². The summed E-state index contributed by atoms with van der Waals surface area (Å²) in [5.41, 5.74) is 3.19. The number of nitrogens with zero attached hydrogens (tertiary/aromatic N) is 1. The maximum atomic E-state index is 13.1. The van der Waals surface area contributed by atoms with E-state index in [-0.39, 0.29) is 18.3 Å². The van der Waals surface area contributed by atoms with Gasteiger partial charge in [-0.15, -0.1) is 0 Å². The summed E-state index contributed by atoms with van der Waals surface area (Å²) in [5, 5.41) is 8.99. The Bertz CT molecular complexity index is 1130. The van der Waals surface area contributed by atoms with Crippen LogP contribution < -0.4 is 20.9 Å². The number of rotatable bonds is 6. The summed E-state index contributed by atoms with van der Waals surface area (Å²) in [6, 6.07) is 17.7. The van der Waals surface area contributed by atoms with E-state index in [1.165, 1.54) is 12.1 Å². The van der Waals surface area contributed by atoms with Crippen molar-refractivity contribution in [1.29, 1.82) is 0 Å². The summed E-state index contributed by atoms with van der Waals surface area (Å²) in [5.74, 6) is -0.583. The second-order valence-corrected chi connectivity index (χ2v) is 8.26. The van der Waals surface area contributed by atoms with E-state index in [0.29, 0.717) is 22.0 Å². The molecule has 1 aliphatic rings. The molecule has 0 aromatic heterocycles. The van der Waals surface area contributed by atoms with Gasteiger partial charge in [-0.3, -0.25) is 4.79 Å². The van der Waals surface area contributed by atoms with Crippen LogP contribution in [0.25, 0.3) is 0 Å². The molecule has 3 aromatic rings. The third-order valence-electron chi connectivity index (χ3n) is 5.41. The predicted molar refractivity (Wildman–Crippen MR) is 130 cm³/mol. The van der Waals surface area contributed by atoms with Crippen LogP contribution in [0.3, 0.4) is 0 Å². The van der Waals surface area contributed by atoms with E-state index in [1.54, 1.807) is 48.5 Å². The predicted octanol–water partition coefficient (Wildman–Crippen LogP) is 5.65. The van der Waals surface area contributed by atoms with Crippen LogP contribution in [0.5, 0.6) is 0 Å². The number of urea groups is 1. The number of amides is 3. The zero-order valence-corrected chi connectivity index (χ0v) is 18.7. The molecular formula is C25H24ClFN4O2. The molecule has 1 aliphatic heterocycles. The van der Waals surface area contributed by atoms with E-state index in [9.17, 15) is 14.0 Å². The second-order valence-electron chi connectivity index (χ2n) is 7.82. The van der Waals surface area contributed by atoms with Gasteiger partial charge in [-0.25, -0.2) is 9.18 Å². The number of anilines is 3. The van der Waals surface area contributed by atoms with Crippen LogP contribution in [0.4, 0.5) is 26.2 Å². The largest absolute Gasteiger partial charge is 0.371 e. The van der Waals surface area contributed by atoms with E-state index in [0.717, 1.165) is 37.2 Å². The van der Waals surface area contributed by atoms with Gasteiger partial charge in [0.05, 0.1) is 5.56 Å². The molecule has 0 spiro atoms. The Kier molecular flexibility index (Phi) is 7.10. The fourth-order valence-corrected chi connectivity index (χ4v) is 3.86. The number of carbonyl (C=O) groups excluding carboxylic acids is 2. The summed E-state index contributed by atoms with van der Waals surface area (Å²) in [6.07, 6.45) is 2.14. The minimum Gasteiger partial charge on any atom is -0.371 e. The van der Waals surface area contributed by atoms with E-state index in [4.69, 9.17) is 11.6 Å². The lowest BCUT2D eigenvalue weighted by atomic mass is 10.1. The average molecular weight is 467 g/mol. The van der Waals surface area contributed by atoms with Gasteiger partial charge in [0.15, 0.2) is 0 Å². The lowest BCUT2D eigenvalue weighted by Crippen LogP contribution is -2.27. The Balaban J connectivity index is 1.49. The van der Waals surface area contributed by atoms with Gasteiger partial charge in [0.1, 0.15) is 5.82 Å². The van der Waals surface area contributed by atoms with Crippen molar-refractivity contribution >= 4 is 40.6 Å². The summed E-state index contributed by atoms with van der Waals surface area (Å²) < 4.78 is 13.1. The molecule has 1 fully saturated rings. The van der Waals surface area contributed by atoms with Gasteiger partial charge < -0.3 is 20.9 Å². The molecule has 33 heavy (non-hydrogen) atoms. The van der Waals surface area contributed by atoms with Crippen LogP contribution in [0.2, 0.25) is 5.02 Å². The smallest absolute Gasteiger partial charge is 0.323 e. The molecule has 1 saturated heterocycles. The van der Waals surface area contributed by atoms with Crippen LogP contribution in [0.1, 0.15) is 28.8 Å². The number of nitrogens with one attached hydrogen (secondary N) is 3. The molecule has 170 valence electrons. The van der Waals surface area contributed by atoms with Crippen molar-refractivity contribution in [3.63, 3.8) is 0 Å². The molecule has 3 amide bonds. The first kappa shape index (κ1) is 22.6. The SMILES string of the molecule is O=C(Nc1ccc(Cl)cc1)Nc1ccc(N2CCCC2)c(C(=O)NCc2ccc(F)cc2)c1. The number of hydrogen-bond donors (Lipinski definition) is 3. The lowest BCUT2D eigenvalue weighted by molar-refractivity contribution is 0.0951. The molecule has 8 heteroatoms. The van der Waals surface area contributed by atoms with Crippen LogP contribution in [-0.2, 0) is 6.54 Å². The average Bonchev–Trinajstić information content (AvgIpc) is 3.35. The molecule has 0 aliphatic carbocycles. The highest BCUT2D eigenvalue weighted by Crippen LogP contribution is 2.28. The molecule has 0 atom stereocenters. The highest BCUT2D eigenvalue weighted by molar-refractivity contribution is 6.30. The van der Waals surface area contributed by atoms with Crippen molar-refractivity contribution in [3.8, 4) is 0 Å². The molecule has 3 aromatic carbocycles. The van der Waals surface area contributed by atoms with Crippen LogP contribution >= 0.6 is 11.6 Å². The van der Waals surface area contributed by atoms with Gasteiger partial charge in [-0.05, 0) is 73.0 Å². The zero-order chi connectivity index (χ0) is 23.2. The summed E-state index contributed by atoms with van der Waals surface area (Å²) in [6.45, 7) is 2.03. The van der Waals surface area contributed by atoms with Gasteiger partial charge >= 0.3 is 6.03 Å². The van der Waals surface area contributed by atoms with Gasteiger partial charge in [-0.1, -0.05) is 23.7 Å². The van der Waals surface area contributed by atoms with Crippen molar-refractivity contribution < 1.29 is 14.0 Å². The third-order valence-corrected chi connectivity index (χ3v) is 5.67. The number of hydrogen-bond acceptors (Lipinski definition) is 3. The highest BCUT2D eigenvalue weighted by Gasteiger charge is 2.20. The third kappa shape index (κ3) is 6.02. The fourth-order valence-electron chi connectivity index (χ4n) is 3.74. The Morgan fingerprint density at radius 2 is 1.52 bits per heavy atom. The van der Waals surface area contributed by atoms with Gasteiger partial charge in [0.25, 0.3) is 5.91 Å². The molecule has 0 saturated carbocycles. The van der Waals surface area contributed by atoms with Crippen molar-refractivity contribution in [2.24, 2.45) is 0 Å². The second kappa shape index (κ2) is 10.4.